The van der Waals surface area contributed by atoms with E-state index in [2.05, 4.69) is 15.3 Å². The van der Waals surface area contributed by atoms with Crippen LogP contribution in [0.1, 0.15) is 28.8 Å². The molecule has 2 aromatic heterocycles. The van der Waals surface area contributed by atoms with Crippen molar-refractivity contribution >= 4 is 16.8 Å². The monoisotopic (exact) mass is 291 g/mol. The van der Waals surface area contributed by atoms with E-state index >= 15 is 0 Å². The van der Waals surface area contributed by atoms with Crippen LogP contribution in [0.15, 0.2) is 55.0 Å². The topological polar surface area (TPSA) is 57.8 Å². The first-order chi connectivity index (χ1) is 10.8. The van der Waals surface area contributed by atoms with E-state index in [0.29, 0.717) is 12.1 Å². The molecule has 22 heavy (non-hydrogen) atoms. The van der Waals surface area contributed by atoms with Crippen LogP contribution in [0, 0.1) is 0 Å². The number of rotatable bonds is 4. The first kappa shape index (κ1) is 13.1. The molecule has 1 amide bonds. The molecule has 0 radical (unpaired) electrons. The van der Waals surface area contributed by atoms with E-state index in [0.717, 1.165) is 23.7 Å². The molecule has 2 N–H and O–H groups in total. The van der Waals surface area contributed by atoms with Crippen LogP contribution in [0.3, 0.4) is 0 Å². The van der Waals surface area contributed by atoms with Gasteiger partial charge in [0.15, 0.2) is 0 Å². The molecule has 0 bridgehead atoms. The predicted octanol–water partition coefficient (Wildman–Crippen LogP) is 3.02. The van der Waals surface area contributed by atoms with Crippen molar-refractivity contribution in [3.63, 3.8) is 0 Å². The zero-order valence-electron chi connectivity index (χ0n) is 12.2. The van der Waals surface area contributed by atoms with E-state index in [1.54, 1.807) is 0 Å². The third-order valence-electron chi connectivity index (χ3n) is 4.55. The summed E-state index contributed by atoms with van der Waals surface area (Å²) in [5, 5.41) is 4.15. The van der Waals surface area contributed by atoms with Gasteiger partial charge in [-0.1, -0.05) is 0 Å². The number of nitrogens with one attached hydrogen (secondary N) is 2. The second-order valence-electron chi connectivity index (χ2n) is 5.98. The van der Waals surface area contributed by atoms with Crippen LogP contribution in [0.4, 0.5) is 0 Å². The van der Waals surface area contributed by atoms with Crippen molar-refractivity contribution in [1.29, 1.82) is 0 Å². The van der Waals surface area contributed by atoms with Crippen LogP contribution < -0.4 is 5.32 Å². The highest BCUT2D eigenvalue weighted by Crippen LogP contribution is 2.47. The Kier molecular flexibility index (Phi) is 2.96. The lowest BCUT2D eigenvalue weighted by molar-refractivity contribution is 0.0950. The van der Waals surface area contributed by atoms with Gasteiger partial charge in [-0.05, 0) is 54.8 Å². The van der Waals surface area contributed by atoms with E-state index in [-0.39, 0.29) is 11.3 Å². The number of amides is 1. The molecule has 4 heteroatoms. The highest BCUT2D eigenvalue weighted by Gasteiger charge is 2.44. The van der Waals surface area contributed by atoms with E-state index < -0.39 is 0 Å². The van der Waals surface area contributed by atoms with Crippen LogP contribution in [0.5, 0.6) is 0 Å². The molecule has 1 aliphatic rings. The second-order valence-corrected chi connectivity index (χ2v) is 5.98. The summed E-state index contributed by atoms with van der Waals surface area (Å²) in [6, 6.07) is 11.8. The molecule has 1 saturated carbocycles. The smallest absolute Gasteiger partial charge is 0.251 e. The maximum atomic E-state index is 12.4. The van der Waals surface area contributed by atoms with Gasteiger partial charge in [-0.15, -0.1) is 0 Å². The molecule has 0 aliphatic heterocycles. The van der Waals surface area contributed by atoms with Gasteiger partial charge < -0.3 is 10.3 Å². The van der Waals surface area contributed by atoms with Crippen molar-refractivity contribution in [1.82, 2.24) is 15.3 Å². The standard InChI is InChI=1S/C18H17N3O/c22-17(14-1-2-16-13(11-14)3-10-20-16)21-12-18(6-7-18)15-4-8-19-9-5-15/h1-5,8-11,20H,6-7,12H2,(H,21,22). The Morgan fingerprint density at radius 3 is 2.77 bits per heavy atom. The summed E-state index contributed by atoms with van der Waals surface area (Å²) in [6.07, 6.45) is 7.76. The van der Waals surface area contributed by atoms with Crippen LogP contribution >= 0.6 is 0 Å². The molecular weight excluding hydrogens is 274 g/mol. The minimum absolute atomic E-state index is 0.0107. The Morgan fingerprint density at radius 1 is 1.18 bits per heavy atom. The fraction of sp³-hybridized carbons (Fsp3) is 0.222. The molecule has 1 fully saturated rings. The number of fused-ring (bicyclic) bond motifs is 1. The number of hydrogen-bond acceptors (Lipinski definition) is 2. The number of aromatic nitrogens is 2. The van der Waals surface area contributed by atoms with Gasteiger partial charge in [-0.25, -0.2) is 0 Å². The van der Waals surface area contributed by atoms with Crippen molar-refractivity contribution in [2.24, 2.45) is 0 Å². The molecule has 4 rings (SSSR count). The quantitative estimate of drug-likeness (QED) is 0.776. The number of nitrogens with zero attached hydrogens (tertiary/aromatic N) is 1. The summed E-state index contributed by atoms with van der Waals surface area (Å²) in [5.41, 5.74) is 3.13. The summed E-state index contributed by atoms with van der Waals surface area (Å²) in [6.45, 7) is 0.682. The lowest BCUT2D eigenvalue weighted by atomic mass is 9.97. The average molecular weight is 291 g/mol. The molecule has 3 aromatic rings. The van der Waals surface area contributed by atoms with Crippen molar-refractivity contribution in [2.45, 2.75) is 18.3 Å². The van der Waals surface area contributed by atoms with Crippen molar-refractivity contribution in [2.75, 3.05) is 6.54 Å². The Bertz CT molecular complexity index is 818. The van der Waals surface area contributed by atoms with Crippen LogP contribution in [0.2, 0.25) is 0 Å². The summed E-state index contributed by atoms with van der Waals surface area (Å²) < 4.78 is 0. The molecule has 4 nitrogen and oxygen atoms in total. The third-order valence-corrected chi connectivity index (χ3v) is 4.55. The molecule has 0 atom stereocenters. The third kappa shape index (κ3) is 2.26. The zero-order valence-corrected chi connectivity index (χ0v) is 12.2. The van der Waals surface area contributed by atoms with Gasteiger partial charge in [-0.2, -0.15) is 0 Å². The normalized spacial score (nSPS) is 15.6. The highest BCUT2D eigenvalue weighted by molar-refractivity contribution is 5.98. The second kappa shape index (κ2) is 4.98. The number of H-pyrrole nitrogens is 1. The number of pyridine rings is 1. The number of carbonyl (C=O) groups excluding carboxylic acids is 1. The summed E-state index contributed by atoms with van der Waals surface area (Å²) in [7, 11) is 0. The van der Waals surface area contributed by atoms with Crippen molar-refractivity contribution < 1.29 is 4.79 Å². The van der Waals surface area contributed by atoms with E-state index in [1.807, 2.05) is 55.0 Å². The highest BCUT2D eigenvalue weighted by atomic mass is 16.1. The van der Waals surface area contributed by atoms with E-state index in [9.17, 15) is 4.79 Å². The number of benzene rings is 1. The predicted molar refractivity (Wildman–Crippen MR) is 85.8 cm³/mol. The van der Waals surface area contributed by atoms with Gasteiger partial charge in [0.05, 0.1) is 0 Å². The van der Waals surface area contributed by atoms with E-state index in [1.165, 1.54) is 5.56 Å². The first-order valence-electron chi connectivity index (χ1n) is 7.53. The molecule has 0 saturated heterocycles. The lowest BCUT2D eigenvalue weighted by Gasteiger charge is -2.16. The fourth-order valence-electron chi connectivity index (χ4n) is 2.97. The maximum Gasteiger partial charge on any atom is 0.251 e. The van der Waals surface area contributed by atoms with Gasteiger partial charge in [0.25, 0.3) is 5.91 Å². The SMILES string of the molecule is O=C(NCC1(c2ccncc2)CC1)c1ccc2[nH]ccc2c1. The van der Waals surface area contributed by atoms with Gasteiger partial charge in [0.1, 0.15) is 0 Å². The molecule has 0 unspecified atom stereocenters. The van der Waals surface area contributed by atoms with Crippen molar-refractivity contribution in [3.8, 4) is 0 Å². The average Bonchev–Trinajstić information content (AvgIpc) is 3.22. The number of carbonyl (C=O) groups is 1. The fourth-order valence-corrected chi connectivity index (χ4v) is 2.97. The molecule has 1 aromatic carbocycles. The molecule has 110 valence electrons. The van der Waals surface area contributed by atoms with Crippen LogP contribution in [0.25, 0.3) is 10.9 Å². The van der Waals surface area contributed by atoms with Crippen LogP contribution in [-0.2, 0) is 5.41 Å². The van der Waals surface area contributed by atoms with E-state index in [4.69, 9.17) is 0 Å². The summed E-state index contributed by atoms with van der Waals surface area (Å²) in [4.78, 5) is 19.6. The summed E-state index contributed by atoms with van der Waals surface area (Å²) in [5.74, 6) is -0.0107. The van der Waals surface area contributed by atoms with Gasteiger partial charge in [0.2, 0.25) is 0 Å². The Labute approximate surface area is 128 Å². The van der Waals surface area contributed by atoms with Gasteiger partial charge in [0, 0.05) is 47.0 Å². The first-order valence-corrected chi connectivity index (χ1v) is 7.53. The largest absolute Gasteiger partial charge is 0.361 e. The molecule has 0 spiro atoms. The lowest BCUT2D eigenvalue weighted by Crippen LogP contribution is -2.32. The van der Waals surface area contributed by atoms with Gasteiger partial charge in [-0.3, -0.25) is 9.78 Å². The number of hydrogen-bond donors (Lipinski definition) is 2. The van der Waals surface area contributed by atoms with Gasteiger partial charge >= 0.3 is 0 Å². The minimum Gasteiger partial charge on any atom is -0.361 e. The van der Waals surface area contributed by atoms with Crippen LogP contribution in [-0.4, -0.2) is 22.4 Å². The number of aromatic amines is 1. The molecular formula is C18H17N3O. The Hall–Kier alpha value is -2.62. The summed E-state index contributed by atoms with van der Waals surface area (Å²) >= 11 is 0. The minimum atomic E-state index is -0.0107. The Balaban J connectivity index is 1.48. The Morgan fingerprint density at radius 2 is 2.00 bits per heavy atom. The molecule has 2 heterocycles. The zero-order chi connectivity index (χ0) is 15.0. The van der Waals surface area contributed by atoms with Crippen molar-refractivity contribution in [3.05, 3.63) is 66.1 Å². The molecule has 1 aliphatic carbocycles. The maximum absolute atomic E-state index is 12.4.